The maximum atomic E-state index is 5.73. The van der Waals surface area contributed by atoms with E-state index in [1.54, 1.807) is 6.26 Å². The minimum Gasteiger partial charge on any atom is -0.459 e. The standard InChI is InChI=1S/C16H17N5O2/c1-10-4-6-22-15(10)16-20-19-14(23-16)9-21-5-3-12-7-17-11(2)18-13(12)8-21/h4,6-7,9,19H,3,5,8H2,1-2H3. The fourth-order valence-electron chi connectivity index (χ4n) is 2.70. The molecule has 4 heterocycles. The lowest BCUT2D eigenvalue weighted by atomic mass is 10.1. The molecule has 0 saturated carbocycles. The Morgan fingerprint density at radius 3 is 3.09 bits per heavy atom. The van der Waals surface area contributed by atoms with Crippen LogP contribution in [0.1, 0.15) is 28.4 Å². The molecular weight excluding hydrogens is 294 g/mol. The van der Waals surface area contributed by atoms with Gasteiger partial charge in [0.2, 0.25) is 5.88 Å². The first-order valence-corrected chi connectivity index (χ1v) is 7.52. The molecule has 0 bridgehead atoms. The number of nitrogens with zero attached hydrogens (tertiary/aromatic N) is 4. The molecule has 2 aliphatic rings. The molecule has 0 fully saturated rings. The average molecular weight is 311 g/mol. The summed E-state index contributed by atoms with van der Waals surface area (Å²) in [6.07, 6.45) is 6.40. The number of aryl methyl sites for hydroxylation is 2. The Bertz CT molecular complexity index is 809. The van der Waals surface area contributed by atoms with Crippen LogP contribution in [0.15, 0.2) is 40.1 Å². The number of hydrogen-bond acceptors (Lipinski definition) is 7. The van der Waals surface area contributed by atoms with Crippen LogP contribution in [0.25, 0.3) is 0 Å². The Morgan fingerprint density at radius 2 is 2.26 bits per heavy atom. The Kier molecular flexibility index (Phi) is 3.25. The highest BCUT2D eigenvalue weighted by atomic mass is 16.5. The molecule has 0 aromatic carbocycles. The van der Waals surface area contributed by atoms with Gasteiger partial charge < -0.3 is 14.1 Å². The second-order valence-corrected chi connectivity index (χ2v) is 5.67. The van der Waals surface area contributed by atoms with Crippen LogP contribution in [0.2, 0.25) is 0 Å². The fourth-order valence-corrected chi connectivity index (χ4v) is 2.70. The summed E-state index contributed by atoms with van der Waals surface area (Å²) in [6.45, 7) is 5.49. The van der Waals surface area contributed by atoms with Crippen LogP contribution in [-0.4, -0.2) is 27.3 Å². The van der Waals surface area contributed by atoms with E-state index >= 15 is 0 Å². The zero-order valence-corrected chi connectivity index (χ0v) is 13.0. The van der Waals surface area contributed by atoms with Gasteiger partial charge in [0, 0.05) is 18.3 Å². The Balaban J connectivity index is 1.47. The monoisotopic (exact) mass is 311 g/mol. The van der Waals surface area contributed by atoms with Crippen molar-refractivity contribution in [1.82, 2.24) is 20.3 Å². The van der Waals surface area contributed by atoms with Crippen LogP contribution in [0.3, 0.4) is 0 Å². The van der Waals surface area contributed by atoms with Crippen molar-refractivity contribution in [1.29, 1.82) is 0 Å². The lowest BCUT2D eigenvalue weighted by Crippen LogP contribution is -2.28. The van der Waals surface area contributed by atoms with Crippen molar-refractivity contribution >= 4 is 5.90 Å². The van der Waals surface area contributed by atoms with Crippen LogP contribution in [0, 0.1) is 13.8 Å². The number of ether oxygens (including phenoxy) is 1. The molecule has 4 rings (SSSR count). The van der Waals surface area contributed by atoms with E-state index < -0.39 is 0 Å². The summed E-state index contributed by atoms with van der Waals surface area (Å²) >= 11 is 0. The van der Waals surface area contributed by atoms with E-state index in [2.05, 4.69) is 25.4 Å². The largest absolute Gasteiger partial charge is 0.459 e. The summed E-state index contributed by atoms with van der Waals surface area (Å²) in [6, 6.07) is 1.88. The normalized spacial score (nSPS) is 18.4. The smallest absolute Gasteiger partial charge is 0.281 e. The summed E-state index contributed by atoms with van der Waals surface area (Å²) in [5.41, 5.74) is 6.18. The van der Waals surface area contributed by atoms with E-state index in [1.165, 1.54) is 5.56 Å². The molecule has 0 aliphatic carbocycles. The Hall–Kier alpha value is -2.83. The highest BCUT2D eigenvalue weighted by molar-refractivity contribution is 5.94. The molecule has 0 saturated heterocycles. The second-order valence-electron chi connectivity index (χ2n) is 5.67. The van der Waals surface area contributed by atoms with Gasteiger partial charge in [-0.15, -0.1) is 5.10 Å². The number of hydrogen-bond donors (Lipinski definition) is 1. The lowest BCUT2D eigenvalue weighted by molar-refractivity contribution is 0.313. The Labute approximate surface area is 133 Å². The van der Waals surface area contributed by atoms with Crippen LogP contribution in [0.5, 0.6) is 0 Å². The van der Waals surface area contributed by atoms with Gasteiger partial charge in [-0.25, -0.2) is 15.4 Å². The quantitative estimate of drug-likeness (QED) is 0.912. The third-order valence-electron chi connectivity index (χ3n) is 3.93. The molecule has 23 heavy (non-hydrogen) atoms. The molecule has 1 N–H and O–H groups in total. The van der Waals surface area contributed by atoms with Gasteiger partial charge in [0.1, 0.15) is 5.82 Å². The van der Waals surface area contributed by atoms with Gasteiger partial charge in [-0.1, -0.05) is 0 Å². The molecule has 7 nitrogen and oxygen atoms in total. The first-order chi connectivity index (χ1) is 11.2. The van der Waals surface area contributed by atoms with Gasteiger partial charge in [-0.2, -0.15) is 0 Å². The number of fused-ring (bicyclic) bond motifs is 1. The van der Waals surface area contributed by atoms with E-state index in [0.29, 0.717) is 17.5 Å². The molecule has 0 atom stereocenters. The lowest BCUT2D eigenvalue weighted by Gasteiger charge is -2.26. The van der Waals surface area contributed by atoms with Crippen molar-refractivity contribution in [2.45, 2.75) is 26.8 Å². The number of furan rings is 1. The third-order valence-corrected chi connectivity index (χ3v) is 3.93. The third kappa shape index (κ3) is 2.65. The summed E-state index contributed by atoms with van der Waals surface area (Å²) in [7, 11) is 0. The molecule has 0 radical (unpaired) electrons. The van der Waals surface area contributed by atoms with Crippen molar-refractivity contribution in [2.24, 2.45) is 5.10 Å². The highest BCUT2D eigenvalue weighted by Gasteiger charge is 2.22. The Morgan fingerprint density at radius 1 is 1.35 bits per heavy atom. The maximum absolute atomic E-state index is 5.73. The van der Waals surface area contributed by atoms with Gasteiger partial charge in [-0.05, 0) is 31.9 Å². The van der Waals surface area contributed by atoms with E-state index in [9.17, 15) is 0 Å². The summed E-state index contributed by atoms with van der Waals surface area (Å²) in [4.78, 5) is 10.9. The van der Waals surface area contributed by atoms with Gasteiger partial charge >= 0.3 is 0 Å². The first kappa shape index (κ1) is 13.8. The van der Waals surface area contributed by atoms with Gasteiger partial charge in [0.05, 0.1) is 24.7 Å². The molecule has 118 valence electrons. The van der Waals surface area contributed by atoms with Crippen molar-refractivity contribution in [3.05, 3.63) is 59.0 Å². The van der Waals surface area contributed by atoms with E-state index in [0.717, 1.165) is 36.6 Å². The van der Waals surface area contributed by atoms with Crippen molar-refractivity contribution in [3.8, 4) is 0 Å². The van der Waals surface area contributed by atoms with Crippen LogP contribution in [-0.2, 0) is 17.7 Å². The molecule has 0 unspecified atom stereocenters. The van der Waals surface area contributed by atoms with E-state index in [1.807, 2.05) is 32.3 Å². The van der Waals surface area contributed by atoms with Gasteiger partial charge in [-0.3, -0.25) is 0 Å². The molecule has 7 heteroatoms. The van der Waals surface area contributed by atoms with Gasteiger partial charge in [0.25, 0.3) is 5.90 Å². The first-order valence-electron chi connectivity index (χ1n) is 7.52. The second kappa shape index (κ2) is 5.42. The van der Waals surface area contributed by atoms with Crippen molar-refractivity contribution < 1.29 is 9.15 Å². The molecule has 2 aromatic rings. The minimum atomic E-state index is 0.453. The summed E-state index contributed by atoms with van der Waals surface area (Å²) in [5, 5.41) is 4.17. The van der Waals surface area contributed by atoms with Crippen LogP contribution >= 0.6 is 0 Å². The molecule has 0 spiro atoms. The van der Waals surface area contributed by atoms with Crippen molar-refractivity contribution in [3.63, 3.8) is 0 Å². The zero-order valence-electron chi connectivity index (χ0n) is 13.0. The van der Waals surface area contributed by atoms with Crippen LogP contribution in [0.4, 0.5) is 0 Å². The molecule has 2 aliphatic heterocycles. The minimum absolute atomic E-state index is 0.453. The maximum Gasteiger partial charge on any atom is 0.281 e. The summed E-state index contributed by atoms with van der Waals surface area (Å²) in [5.74, 6) is 2.49. The van der Waals surface area contributed by atoms with Crippen molar-refractivity contribution in [2.75, 3.05) is 6.54 Å². The number of nitrogens with one attached hydrogen (secondary N) is 1. The highest BCUT2D eigenvalue weighted by Crippen LogP contribution is 2.20. The topological polar surface area (TPSA) is 75.8 Å². The SMILES string of the molecule is Cc1ncc2c(n1)CN(C=C1NN=C(c3occc3C)O1)CC2. The zero-order chi connectivity index (χ0) is 15.8. The molecule has 2 aromatic heterocycles. The average Bonchev–Trinajstić information content (AvgIpc) is 3.15. The van der Waals surface area contributed by atoms with E-state index in [-0.39, 0.29) is 0 Å². The van der Waals surface area contributed by atoms with Crippen LogP contribution < -0.4 is 5.43 Å². The number of rotatable bonds is 2. The van der Waals surface area contributed by atoms with Gasteiger partial charge in [0.15, 0.2) is 5.76 Å². The predicted molar refractivity (Wildman–Crippen MR) is 83.2 cm³/mol. The predicted octanol–water partition coefficient (Wildman–Crippen LogP) is 1.83. The number of aromatic nitrogens is 2. The molecule has 0 amide bonds. The number of hydrazone groups is 1. The summed E-state index contributed by atoms with van der Waals surface area (Å²) < 4.78 is 11.1. The van der Waals surface area contributed by atoms with E-state index in [4.69, 9.17) is 9.15 Å². The molecular formula is C16H17N5O2. The fraction of sp³-hybridized carbons (Fsp3) is 0.312.